The van der Waals surface area contributed by atoms with E-state index in [1.54, 1.807) is 42.4 Å². The molecular formula is C25H19N3O2S. The Bertz CT molecular complexity index is 1350. The van der Waals surface area contributed by atoms with E-state index >= 15 is 0 Å². The van der Waals surface area contributed by atoms with Gasteiger partial charge in [0.15, 0.2) is 5.65 Å². The molecule has 0 atom stereocenters. The van der Waals surface area contributed by atoms with Crippen LogP contribution in [0.4, 0.5) is 0 Å². The van der Waals surface area contributed by atoms with E-state index in [-0.39, 0.29) is 11.6 Å². The largest absolute Gasteiger partial charge is 0.508 e. The van der Waals surface area contributed by atoms with Gasteiger partial charge in [-0.1, -0.05) is 54.2 Å². The molecule has 0 aliphatic heterocycles. The Balaban J connectivity index is 1.42. The molecule has 0 unspecified atom stereocenters. The molecule has 2 aromatic heterocycles. The molecule has 152 valence electrons. The molecule has 6 heteroatoms. The van der Waals surface area contributed by atoms with Gasteiger partial charge in [0, 0.05) is 33.5 Å². The molecular weight excluding hydrogens is 406 g/mol. The average Bonchev–Trinajstić information content (AvgIpc) is 3.22. The molecule has 0 bridgehead atoms. The lowest BCUT2D eigenvalue weighted by Gasteiger charge is -2.07. The third-order valence-corrected chi connectivity index (χ3v) is 6.04. The molecule has 0 spiro atoms. The summed E-state index contributed by atoms with van der Waals surface area (Å²) >= 11 is 1.71. The van der Waals surface area contributed by atoms with Crippen molar-refractivity contribution in [3.8, 4) is 22.8 Å². The number of phenolic OH excluding ortho intramolecular Hbond substituents is 1. The van der Waals surface area contributed by atoms with Crippen molar-refractivity contribution < 1.29 is 10.2 Å². The normalized spacial score (nSPS) is 11.1. The second-order valence-electron chi connectivity index (χ2n) is 7.19. The fourth-order valence-electron chi connectivity index (χ4n) is 3.50. The third-order valence-electron chi connectivity index (χ3n) is 5.02. The van der Waals surface area contributed by atoms with Crippen LogP contribution in [-0.4, -0.2) is 24.8 Å². The molecule has 2 N–H and O–H groups in total. The van der Waals surface area contributed by atoms with E-state index in [0.29, 0.717) is 17.6 Å². The Morgan fingerprint density at radius 1 is 0.806 bits per heavy atom. The van der Waals surface area contributed by atoms with Gasteiger partial charge in [0.05, 0.1) is 6.20 Å². The maximum atomic E-state index is 10.7. The minimum Gasteiger partial charge on any atom is -0.508 e. The quantitative estimate of drug-likeness (QED) is 0.386. The Labute approximate surface area is 183 Å². The summed E-state index contributed by atoms with van der Waals surface area (Å²) in [6.07, 6.45) is 3.84. The van der Waals surface area contributed by atoms with Gasteiger partial charge >= 0.3 is 0 Å². The van der Waals surface area contributed by atoms with Crippen LogP contribution in [0.3, 0.4) is 0 Å². The second kappa shape index (κ2) is 8.16. The van der Waals surface area contributed by atoms with Crippen molar-refractivity contribution in [2.75, 3.05) is 0 Å². The molecule has 2 heterocycles. The zero-order valence-corrected chi connectivity index (χ0v) is 17.3. The van der Waals surface area contributed by atoms with E-state index in [0.717, 1.165) is 21.6 Å². The maximum Gasteiger partial charge on any atom is 0.219 e. The second-order valence-corrected chi connectivity index (χ2v) is 8.33. The number of aromatic nitrogens is 3. The van der Waals surface area contributed by atoms with Gasteiger partial charge in [-0.25, -0.2) is 4.98 Å². The maximum absolute atomic E-state index is 10.7. The van der Waals surface area contributed by atoms with E-state index in [1.807, 2.05) is 36.4 Å². The van der Waals surface area contributed by atoms with Crippen molar-refractivity contribution in [1.82, 2.24) is 14.6 Å². The van der Waals surface area contributed by atoms with Crippen molar-refractivity contribution in [3.63, 3.8) is 0 Å². The molecule has 3 aromatic carbocycles. The van der Waals surface area contributed by atoms with Crippen LogP contribution in [-0.2, 0) is 6.42 Å². The lowest BCUT2D eigenvalue weighted by atomic mass is 10.1. The van der Waals surface area contributed by atoms with Crippen molar-refractivity contribution in [2.24, 2.45) is 0 Å². The van der Waals surface area contributed by atoms with Gasteiger partial charge in [-0.2, -0.15) is 9.61 Å². The SMILES string of the molecule is Oc1cccc(Cc2cnc3c(-c4ccc(Sc5ccccc5)cc4)cnn3c2O)c1. The highest BCUT2D eigenvalue weighted by Crippen LogP contribution is 2.32. The minimum absolute atomic E-state index is 0.0517. The zero-order valence-electron chi connectivity index (χ0n) is 16.5. The van der Waals surface area contributed by atoms with Crippen LogP contribution in [0.5, 0.6) is 11.6 Å². The molecule has 0 saturated carbocycles. The molecule has 5 aromatic rings. The summed E-state index contributed by atoms with van der Waals surface area (Å²) in [5, 5.41) is 24.8. The molecule has 31 heavy (non-hydrogen) atoms. The van der Waals surface area contributed by atoms with Gasteiger partial charge in [0.1, 0.15) is 5.75 Å². The molecule has 0 saturated heterocycles. The number of rotatable bonds is 5. The van der Waals surface area contributed by atoms with Gasteiger partial charge in [-0.15, -0.1) is 0 Å². The zero-order chi connectivity index (χ0) is 21.2. The van der Waals surface area contributed by atoms with Crippen LogP contribution in [0.25, 0.3) is 16.8 Å². The minimum atomic E-state index is 0.0517. The first-order chi connectivity index (χ1) is 15.2. The van der Waals surface area contributed by atoms with Crippen molar-refractivity contribution in [2.45, 2.75) is 16.2 Å². The highest BCUT2D eigenvalue weighted by atomic mass is 32.2. The summed E-state index contributed by atoms with van der Waals surface area (Å²) in [4.78, 5) is 6.90. The average molecular weight is 426 g/mol. The van der Waals surface area contributed by atoms with Crippen LogP contribution in [0.15, 0.2) is 101 Å². The number of nitrogens with zero attached hydrogens (tertiary/aromatic N) is 3. The van der Waals surface area contributed by atoms with Gasteiger partial charge in [-0.3, -0.25) is 0 Å². The monoisotopic (exact) mass is 425 g/mol. The van der Waals surface area contributed by atoms with E-state index in [2.05, 4.69) is 34.3 Å². The van der Waals surface area contributed by atoms with Gasteiger partial charge in [0.25, 0.3) is 0 Å². The van der Waals surface area contributed by atoms with Crippen LogP contribution in [0, 0.1) is 0 Å². The summed E-state index contributed by atoms with van der Waals surface area (Å²) in [7, 11) is 0. The summed E-state index contributed by atoms with van der Waals surface area (Å²) in [6, 6.07) is 25.5. The first-order valence-corrected chi connectivity index (χ1v) is 10.6. The summed E-state index contributed by atoms with van der Waals surface area (Å²) < 4.78 is 1.46. The molecule has 0 aliphatic rings. The molecule has 0 aliphatic carbocycles. The van der Waals surface area contributed by atoms with Gasteiger partial charge < -0.3 is 10.2 Å². The predicted octanol–water partition coefficient (Wildman–Crippen LogP) is 5.55. The fourth-order valence-corrected chi connectivity index (χ4v) is 4.33. The molecule has 0 fully saturated rings. The first-order valence-electron chi connectivity index (χ1n) is 9.83. The number of phenols is 1. The Kier molecular flexibility index (Phi) is 5.06. The standard InChI is InChI=1S/C25H19N3O2S/c29-20-6-4-5-17(14-20)13-19-15-26-24-23(16-27-28(24)25(19)30)18-9-11-22(12-10-18)31-21-7-2-1-3-8-21/h1-12,14-16,29-30H,13H2. The fraction of sp³-hybridized carbons (Fsp3) is 0.0400. The van der Waals surface area contributed by atoms with Crippen LogP contribution in [0.1, 0.15) is 11.1 Å². The predicted molar refractivity (Wildman–Crippen MR) is 122 cm³/mol. The lowest BCUT2D eigenvalue weighted by molar-refractivity contribution is 0.429. The highest BCUT2D eigenvalue weighted by molar-refractivity contribution is 7.99. The van der Waals surface area contributed by atoms with E-state index in [1.165, 1.54) is 9.41 Å². The number of hydrogen-bond donors (Lipinski definition) is 2. The highest BCUT2D eigenvalue weighted by Gasteiger charge is 2.14. The summed E-state index contributed by atoms with van der Waals surface area (Å²) in [5.74, 6) is 0.247. The van der Waals surface area contributed by atoms with Crippen molar-refractivity contribution >= 4 is 17.4 Å². The van der Waals surface area contributed by atoms with E-state index < -0.39 is 0 Å². The van der Waals surface area contributed by atoms with Gasteiger partial charge in [-0.05, 0) is 47.5 Å². The topological polar surface area (TPSA) is 70.7 Å². The summed E-state index contributed by atoms with van der Waals surface area (Å²) in [5.41, 5.74) is 3.97. The number of fused-ring (bicyclic) bond motifs is 1. The van der Waals surface area contributed by atoms with Crippen LogP contribution < -0.4 is 0 Å². The summed E-state index contributed by atoms with van der Waals surface area (Å²) in [6.45, 7) is 0. The molecule has 0 amide bonds. The Morgan fingerprint density at radius 3 is 2.35 bits per heavy atom. The third kappa shape index (κ3) is 3.98. The molecule has 0 radical (unpaired) electrons. The number of hydrogen-bond acceptors (Lipinski definition) is 5. The van der Waals surface area contributed by atoms with Crippen molar-refractivity contribution in [3.05, 3.63) is 102 Å². The van der Waals surface area contributed by atoms with Gasteiger partial charge in [0.2, 0.25) is 5.88 Å². The van der Waals surface area contributed by atoms with Crippen LogP contribution in [0.2, 0.25) is 0 Å². The number of aromatic hydroxyl groups is 2. The van der Waals surface area contributed by atoms with E-state index in [9.17, 15) is 10.2 Å². The van der Waals surface area contributed by atoms with Crippen molar-refractivity contribution in [1.29, 1.82) is 0 Å². The Hall–Kier alpha value is -3.77. The Morgan fingerprint density at radius 2 is 1.58 bits per heavy atom. The smallest absolute Gasteiger partial charge is 0.219 e. The number of benzene rings is 3. The van der Waals surface area contributed by atoms with E-state index in [4.69, 9.17) is 0 Å². The first kappa shape index (κ1) is 19.2. The van der Waals surface area contributed by atoms with Crippen LogP contribution >= 0.6 is 11.8 Å². The molecule has 5 rings (SSSR count). The molecule has 5 nitrogen and oxygen atoms in total. The lowest BCUT2D eigenvalue weighted by Crippen LogP contribution is -1.98.